The summed E-state index contributed by atoms with van der Waals surface area (Å²) in [6.45, 7) is 0.448. The zero-order valence-corrected chi connectivity index (χ0v) is 7.00. The average molecular weight is 157 g/mol. The van der Waals surface area contributed by atoms with Gasteiger partial charge in [-0.3, -0.25) is 4.79 Å². The summed E-state index contributed by atoms with van der Waals surface area (Å²) >= 11 is 0. The molecule has 1 aliphatic carbocycles. The van der Waals surface area contributed by atoms with Gasteiger partial charge in [0.15, 0.2) is 0 Å². The van der Waals surface area contributed by atoms with Gasteiger partial charge in [0.05, 0.1) is 6.54 Å². The summed E-state index contributed by atoms with van der Waals surface area (Å²) in [6, 6.07) is 0.434. The number of nitrogens with two attached hydrogens (primary N) is 1. The minimum absolute atomic E-state index is 0.0629. The van der Waals surface area contributed by atoms with Crippen LogP contribution in [0.5, 0.6) is 0 Å². The Morgan fingerprint density at radius 3 is 2.64 bits per heavy atom. The van der Waals surface area contributed by atoms with E-state index in [0.29, 0.717) is 6.54 Å². The van der Waals surface area contributed by atoms with Gasteiger partial charge in [0.25, 0.3) is 0 Å². The molecule has 3 N–H and O–H groups in total. The van der Waals surface area contributed by atoms with Crippen LogP contribution in [0.15, 0.2) is 0 Å². The number of hydrogen-bond donors (Lipinski definition) is 2. The molecular weight excluding hydrogens is 142 g/mol. The molecule has 1 amide bonds. The van der Waals surface area contributed by atoms with Crippen LogP contribution in [0.3, 0.4) is 0 Å². The fraction of sp³-hybridized carbons (Fsp3) is 0.857. The van der Waals surface area contributed by atoms with Crippen LogP contribution in [0.1, 0.15) is 6.42 Å². The smallest absolute Gasteiger partial charge is 0.234 e. The lowest BCUT2D eigenvalue weighted by atomic mass is 10.5. The molecule has 1 fully saturated rings. The number of nitrogens with one attached hydrogen (secondary N) is 1. The van der Waals surface area contributed by atoms with E-state index in [1.165, 1.54) is 0 Å². The maximum Gasteiger partial charge on any atom is 0.234 e. The van der Waals surface area contributed by atoms with Crippen molar-refractivity contribution in [2.45, 2.75) is 18.5 Å². The van der Waals surface area contributed by atoms with Crippen molar-refractivity contribution < 1.29 is 4.79 Å². The van der Waals surface area contributed by atoms with Crippen molar-refractivity contribution in [3.8, 4) is 0 Å². The molecule has 0 radical (unpaired) electrons. The number of hydrogen-bond acceptors (Lipinski definition) is 3. The van der Waals surface area contributed by atoms with E-state index in [1.54, 1.807) is 0 Å². The normalized spacial score (nSPS) is 28.7. The van der Waals surface area contributed by atoms with Crippen molar-refractivity contribution in [2.24, 2.45) is 5.73 Å². The van der Waals surface area contributed by atoms with Crippen LogP contribution in [-0.4, -0.2) is 43.5 Å². The van der Waals surface area contributed by atoms with Crippen molar-refractivity contribution in [3.63, 3.8) is 0 Å². The molecule has 4 heteroatoms. The van der Waals surface area contributed by atoms with Gasteiger partial charge in [0.2, 0.25) is 5.91 Å². The minimum atomic E-state index is 0.0629. The molecule has 4 nitrogen and oxygen atoms in total. The Kier molecular flexibility index (Phi) is 2.46. The fourth-order valence-electron chi connectivity index (χ4n) is 0.920. The molecular formula is C7H15N3O. The molecule has 0 aliphatic heterocycles. The maximum atomic E-state index is 11.0. The van der Waals surface area contributed by atoms with Gasteiger partial charge in [0.1, 0.15) is 0 Å². The molecule has 0 saturated heterocycles. The van der Waals surface area contributed by atoms with Crippen LogP contribution in [0.25, 0.3) is 0 Å². The number of likely N-dealkylation sites (N-methyl/N-ethyl adjacent to an activating group) is 1. The molecule has 0 aromatic heterocycles. The number of amides is 1. The Hall–Kier alpha value is -0.610. The van der Waals surface area contributed by atoms with E-state index in [9.17, 15) is 4.79 Å². The van der Waals surface area contributed by atoms with Crippen LogP contribution in [0.2, 0.25) is 0 Å². The fourth-order valence-corrected chi connectivity index (χ4v) is 0.920. The molecule has 1 saturated carbocycles. The zero-order chi connectivity index (χ0) is 8.43. The molecule has 0 aromatic carbocycles. The SMILES string of the molecule is CN(C)CC(=O)NC1CC1N. The standard InChI is InChI=1S/C7H15N3O/c1-10(2)4-7(11)9-6-3-5(6)8/h5-6H,3-4,8H2,1-2H3,(H,9,11). The van der Waals surface area contributed by atoms with Crippen molar-refractivity contribution in [1.29, 1.82) is 0 Å². The molecule has 1 aliphatic rings. The highest BCUT2D eigenvalue weighted by atomic mass is 16.2. The molecule has 0 spiro atoms. The van der Waals surface area contributed by atoms with Gasteiger partial charge >= 0.3 is 0 Å². The van der Waals surface area contributed by atoms with E-state index in [2.05, 4.69) is 5.32 Å². The third kappa shape index (κ3) is 2.86. The summed E-state index contributed by atoms with van der Waals surface area (Å²) in [5, 5.41) is 2.83. The molecule has 0 heterocycles. The van der Waals surface area contributed by atoms with Gasteiger partial charge in [-0.1, -0.05) is 0 Å². The lowest BCUT2D eigenvalue weighted by Gasteiger charge is -2.08. The average Bonchev–Trinajstić information content (AvgIpc) is 2.43. The summed E-state index contributed by atoms with van der Waals surface area (Å²) < 4.78 is 0. The van der Waals surface area contributed by atoms with Gasteiger partial charge in [-0.2, -0.15) is 0 Å². The topological polar surface area (TPSA) is 58.4 Å². The van der Waals surface area contributed by atoms with Gasteiger partial charge in [-0.05, 0) is 20.5 Å². The van der Waals surface area contributed by atoms with E-state index < -0.39 is 0 Å². The Balaban J connectivity index is 2.11. The second-order valence-electron chi connectivity index (χ2n) is 3.31. The minimum Gasteiger partial charge on any atom is -0.351 e. The summed E-state index contributed by atoms with van der Waals surface area (Å²) in [5.74, 6) is 0.0629. The Morgan fingerprint density at radius 1 is 1.73 bits per heavy atom. The Bertz CT molecular complexity index is 158. The van der Waals surface area contributed by atoms with E-state index in [4.69, 9.17) is 5.73 Å². The van der Waals surface area contributed by atoms with Crippen LogP contribution in [0.4, 0.5) is 0 Å². The Labute approximate surface area is 66.7 Å². The quantitative estimate of drug-likeness (QED) is 0.539. The predicted molar refractivity (Wildman–Crippen MR) is 43.1 cm³/mol. The third-order valence-electron chi connectivity index (χ3n) is 1.65. The monoisotopic (exact) mass is 157 g/mol. The van der Waals surface area contributed by atoms with E-state index in [1.807, 2.05) is 19.0 Å². The van der Waals surface area contributed by atoms with E-state index >= 15 is 0 Å². The summed E-state index contributed by atoms with van der Waals surface area (Å²) in [4.78, 5) is 12.9. The lowest BCUT2D eigenvalue weighted by Crippen LogP contribution is -2.36. The highest BCUT2D eigenvalue weighted by Crippen LogP contribution is 2.17. The van der Waals surface area contributed by atoms with E-state index in [-0.39, 0.29) is 18.0 Å². The predicted octanol–water partition coefficient (Wildman–Crippen LogP) is -1.24. The summed E-state index contributed by atoms with van der Waals surface area (Å²) in [6.07, 6.45) is 0.930. The number of nitrogens with zero attached hydrogens (tertiary/aromatic N) is 1. The van der Waals surface area contributed by atoms with Crippen LogP contribution >= 0.6 is 0 Å². The molecule has 0 bridgehead atoms. The van der Waals surface area contributed by atoms with Crippen molar-refractivity contribution >= 4 is 5.91 Å². The lowest BCUT2D eigenvalue weighted by molar-refractivity contribution is -0.121. The van der Waals surface area contributed by atoms with Crippen molar-refractivity contribution in [2.75, 3.05) is 20.6 Å². The molecule has 1 rings (SSSR count). The first-order valence-electron chi connectivity index (χ1n) is 3.79. The van der Waals surface area contributed by atoms with Crippen molar-refractivity contribution in [3.05, 3.63) is 0 Å². The van der Waals surface area contributed by atoms with Crippen LogP contribution in [0, 0.1) is 0 Å². The Morgan fingerprint density at radius 2 is 2.27 bits per heavy atom. The first-order chi connectivity index (χ1) is 5.09. The van der Waals surface area contributed by atoms with Gasteiger partial charge in [-0.25, -0.2) is 0 Å². The van der Waals surface area contributed by atoms with Gasteiger partial charge < -0.3 is 16.0 Å². The number of carbonyl (C=O) groups is 1. The maximum absolute atomic E-state index is 11.0. The third-order valence-corrected chi connectivity index (χ3v) is 1.65. The van der Waals surface area contributed by atoms with Gasteiger partial charge in [-0.15, -0.1) is 0 Å². The van der Waals surface area contributed by atoms with E-state index in [0.717, 1.165) is 6.42 Å². The van der Waals surface area contributed by atoms with Crippen LogP contribution in [-0.2, 0) is 4.79 Å². The van der Waals surface area contributed by atoms with Gasteiger partial charge in [0, 0.05) is 12.1 Å². The second-order valence-corrected chi connectivity index (χ2v) is 3.31. The highest BCUT2D eigenvalue weighted by Gasteiger charge is 2.34. The number of carbonyl (C=O) groups excluding carboxylic acids is 1. The second kappa shape index (κ2) is 3.19. The number of rotatable bonds is 3. The van der Waals surface area contributed by atoms with Crippen molar-refractivity contribution in [1.82, 2.24) is 10.2 Å². The largest absolute Gasteiger partial charge is 0.351 e. The highest BCUT2D eigenvalue weighted by molar-refractivity contribution is 5.78. The van der Waals surface area contributed by atoms with Crippen LogP contribution < -0.4 is 11.1 Å². The molecule has 0 aromatic rings. The molecule has 64 valence electrons. The summed E-state index contributed by atoms with van der Waals surface area (Å²) in [7, 11) is 3.73. The first-order valence-corrected chi connectivity index (χ1v) is 3.79. The summed E-state index contributed by atoms with van der Waals surface area (Å²) in [5.41, 5.74) is 5.52. The first kappa shape index (κ1) is 8.49. The molecule has 11 heavy (non-hydrogen) atoms. The zero-order valence-electron chi connectivity index (χ0n) is 7.00. The molecule has 2 unspecified atom stereocenters. The molecule has 2 atom stereocenters.